The van der Waals surface area contributed by atoms with Gasteiger partial charge in [-0.2, -0.15) is 5.26 Å². The van der Waals surface area contributed by atoms with Crippen molar-refractivity contribution in [1.29, 1.82) is 5.26 Å². The van der Waals surface area contributed by atoms with E-state index in [1.54, 1.807) is 6.07 Å². The number of unbranched alkanes of at least 4 members (excludes halogenated alkanes) is 4. The van der Waals surface area contributed by atoms with E-state index in [1.165, 1.54) is 76.2 Å². The van der Waals surface area contributed by atoms with Crippen LogP contribution < -0.4 is 0 Å². The Hall–Kier alpha value is -1.49. The van der Waals surface area contributed by atoms with Crippen LogP contribution in [0.1, 0.15) is 88.7 Å². The summed E-state index contributed by atoms with van der Waals surface area (Å²) in [5.41, 5.74) is 1.58. The number of nitrogens with zero attached hydrogens (tertiary/aromatic N) is 1. The van der Waals surface area contributed by atoms with Crippen LogP contribution >= 0.6 is 0 Å². The van der Waals surface area contributed by atoms with Crippen molar-refractivity contribution >= 4 is 0 Å². The van der Waals surface area contributed by atoms with Gasteiger partial charge in [-0.15, -0.1) is 0 Å². The Balaban J connectivity index is 1.64. The number of phenols is 1. The van der Waals surface area contributed by atoms with Crippen molar-refractivity contribution in [1.82, 2.24) is 0 Å². The van der Waals surface area contributed by atoms with E-state index in [0.29, 0.717) is 5.56 Å². The number of hydrogen-bond donors (Lipinski definition) is 1. The van der Waals surface area contributed by atoms with Crippen LogP contribution in [-0.2, 0) is 6.42 Å². The van der Waals surface area contributed by atoms with Gasteiger partial charge < -0.3 is 5.11 Å². The smallest absolute Gasteiger partial charge is 0.133 e. The van der Waals surface area contributed by atoms with Crippen LogP contribution in [0.25, 0.3) is 0 Å². The minimum Gasteiger partial charge on any atom is -0.507 e. The molecule has 0 aliphatic heterocycles. The van der Waals surface area contributed by atoms with Crippen molar-refractivity contribution in [3.05, 3.63) is 29.3 Å². The largest absolute Gasteiger partial charge is 0.507 e. The highest BCUT2D eigenvalue weighted by Crippen LogP contribution is 2.34. The Morgan fingerprint density at radius 1 is 1.00 bits per heavy atom. The van der Waals surface area contributed by atoms with E-state index < -0.39 is 0 Å². The maximum atomic E-state index is 9.58. The predicted molar refractivity (Wildman–Crippen MR) is 100.0 cm³/mol. The molecule has 2 rings (SSSR count). The molecule has 24 heavy (non-hydrogen) atoms. The molecule has 1 aliphatic carbocycles. The molecular weight excluding hydrogens is 294 g/mol. The second kappa shape index (κ2) is 10.4. The molecule has 1 fully saturated rings. The summed E-state index contributed by atoms with van der Waals surface area (Å²) in [6, 6.07) is 7.52. The van der Waals surface area contributed by atoms with Crippen molar-refractivity contribution in [2.45, 2.75) is 84.0 Å². The Bertz CT molecular complexity index is 523. The molecule has 0 amide bonds. The quantitative estimate of drug-likeness (QED) is 0.536. The van der Waals surface area contributed by atoms with Crippen LogP contribution in [0.15, 0.2) is 18.2 Å². The van der Waals surface area contributed by atoms with E-state index in [2.05, 4.69) is 13.0 Å². The Morgan fingerprint density at radius 3 is 2.33 bits per heavy atom. The summed E-state index contributed by atoms with van der Waals surface area (Å²) in [4.78, 5) is 0. The molecule has 0 aromatic heterocycles. The first-order valence-corrected chi connectivity index (χ1v) is 9.95. The van der Waals surface area contributed by atoms with E-state index in [0.717, 1.165) is 18.3 Å². The fourth-order valence-electron chi connectivity index (χ4n) is 4.04. The van der Waals surface area contributed by atoms with Crippen LogP contribution in [-0.4, -0.2) is 5.11 Å². The molecule has 2 nitrogen and oxygen atoms in total. The third-order valence-electron chi connectivity index (χ3n) is 5.70. The molecule has 132 valence electrons. The highest BCUT2D eigenvalue weighted by Gasteiger charge is 2.20. The van der Waals surface area contributed by atoms with E-state index in [1.807, 2.05) is 12.1 Å². The number of nitriles is 1. The molecule has 1 aromatic carbocycles. The Morgan fingerprint density at radius 2 is 1.67 bits per heavy atom. The van der Waals surface area contributed by atoms with Gasteiger partial charge in [0.05, 0.1) is 5.56 Å². The van der Waals surface area contributed by atoms with Gasteiger partial charge in [0.1, 0.15) is 11.8 Å². The lowest BCUT2D eigenvalue weighted by Crippen LogP contribution is -2.15. The summed E-state index contributed by atoms with van der Waals surface area (Å²) in [7, 11) is 0. The lowest BCUT2D eigenvalue weighted by Gasteiger charge is -2.28. The maximum absolute atomic E-state index is 9.58. The predicted octanol–water partition coefficient (Wildman–Crippen LogP) is 6.36. The van der Waals surface area contributed by atoms with Gasteiger partial charge in [0, 0.05) is 0 Å². The van der Waals surface area contributed by atoms with Crippen LogP contribution in [0.2, 0.25) is 0 Å². The van der Waals surface area contributed by atoms with E-state index in [-0.39, 0.29) is 5.75 Å². The van der Waals surface area contributed by atoms with Gasteiger partial charge in [-0.05, 0) is 42.4 Å². The molecule has 0 spiro atoms. The van der Waals surface area contributed by atoms with Crippen LogP contribution in [0.3, 0.4) is 0 Å². The molecule has 0 bridgehead atoms. The number of benzene rings is 1. The topological polar surface area (TPSA) is 44.0 Å². The van der Waals surface area contributed by atoms with E-state index in [9.17, 15) is 5.11 Å². The first-order chi connectivity index (χ1) is 11.7. The molecule has 1 aromatic rings. The van der Waals surface area contributed by atoms with Gasteiger partial charge in [-0.3, -0.25) is 0 Å². The molecule has 0 saturated heterocycles. The maximum Gasteiger partial charge on any atom is 0.133 e. The average molecular weight is 328 g/mol. The molecule has 0 radical (unpaired) electrons. The van der Waals surface area contributed by atoms with Crippen molar-refractivity contribution in [3.63, 3.8) is 0 Å². The minimum atomic E-state index is 0.0979. The lowest BCUT2D eigenvalue weighted by molar-refractivity contribution is 0.248. The van der Waals surface area contributed by atoms with Crippen molar-refractivity contribution in [2.24, 2.45) is 11.8 Å². The summed E-state index contributed by atoms with van der Waals surface area (Å²) < 4.78 is 0. The lowest BCUT2D eigenvalue weighted by atomic mass is 9.77. The molecule has 0 atom stereocenters. The summed E-state index contributed by atoms with van der Waals surface area (Å²) in [6.07, 6.45) is 16.3. The molecule has 0 heterocycles. The Kier molecular flexibility index (Phi) is 8.16. The van der Waals surface area contributed by atoms with Crippen LogP contribution in [0.4, 0.5) is 0 Å². The van der Waals surface area contributed by atoms with Crippen LogP contribution in [0.5, 0.6) is 5.75 Å². The van der Waals surface area contributed by atoms with E-state index in [4.69, 9.17) is 5.26 Å². The monoisotopic (exact) mass is 327 g/mol. The second-order valence-electron chi connectivity index (χ2n) is 7.59. The number of aromatic hydroxyl groups is 1. The third kappa shape index (κ3) is 6.19. The Labute approximate surface area is 147 Å². The van der Waals surface area contributed by atoms with Crippen molar-refractivity contribution in [2.75, 3.05) is 0 Å². The fourth-order valence-corrected chi connectivity index (χ4v) is 4.04. The first kappa shape index (κ1) is 18.8. The zero-order chi connectivity index (χ0) is 17.2. The fraction of sp³-hybridized carbons (Fsp3) is 0.682. The van der Waals surface area contributed by atoms with Crippen molar-refractivity contribution in [3.8, 4) is 11.8 Å². The molecule has 0 unspecified atom stereocenters. The highest BCUT2D eigenvalue weighted by molar-refractivity contribution is 5.44. The standard InChI is InChI=1S/C22H33NO/c1-2-3-4-5-6-7-18-8-10-19(11-9-18)12-13-20-14-15-22(24)21(16-20)17-23/h14-16,18-19,24H,2-13H2,1H3. The molecule has 1 saturated carbocycles. The van der Waals surface area contributed by atoms with Gasteiger partial charge in [0.25, 0.3) is 0 Å². The van der Waals surface area contributed by atoms with Gasteiger partial charge in [0.15, 0.2) is 0 Å². The zero-order valence-electron chi connectivity index (χ0n) is 15.3. The van der Waals surface area contributed by atoms with Crippen LogP contribution in [0, 0.1) is 23.2 Å². The summed E-state index contributed by atoms with van der Waals surface area (Å²) >= 11 is 0. The SMILES string of the molecule is CCCCCCCC1CCC(CCc2ccc(O)c(C#N)c2)CC1. The number of phenolic OH excluding ortho intramolecular Hbond substituents is 1. The molecular formula is C22H33NO. The average Bonchev–Trinajstić information content (AvgIpc) is 2.62. The number of rotatable bonds is 9. The first-order valence-electron chi connectivity index (χ1n) is 9.95. The third-order valence-corrected chi connectivity index (χ3v) is 5.70. The highest BCUT2D eigenvalue weighted by atomic mass is 16.3. The zero-order valence-corrected chi connectivity index (χ0v) is 15.3. The summed E-state index contributed by atoms with van der Waals surface area (Å²) in [5, 5.41) is 18.6. The second-order valence-corrected chi connectivity index (χ2v) is 7.59. The van der Waals surface area contributed by atoms with Crippen molar-refractivity contribution < 1.29 is 5.11 Å². The molecule has 2 heteroatoms. The summed E-state index contributed by atoms with van der Waals surface area (Å²) in [6.45, 7) is 2.28. The number of aryl methyl sites for hydroxylation is 1. The summed E-state index contributed by atoms with van der Waals surface area (Å²) in [5.74, 6) is 1.92. The molecule has 1 N–H and O–H groups in total. The van der Waals surface area contributed by atoms with Gasteiger partial charge in [-0.1, -0.05) is 77.2 Å². The normalized spacial score (nSPS) is 20.7. The number of hydrogen-bond acceptors (Lipinski definition) is 2. The van der Waals surface area contributed by atoms with Gasteiger partial charge in [-0.25, -0.2) is 0 Å². The molecule has 1 aliphatic rings. The van der Waals surface area contributed by atoms with Gasteiger partial charge in [0.2, 0.25) is 0 Å². The van der Waals surface area contributed by atoms with Gasteiger partial charge >= 0.3 is 0 Å². The van der Waals surface area contributed by atoms with E-state index >= 15 is 0 Å². The minimum absolute atomic E-state index is 0.0979.